The van der Waals surface area contributed by atoms with Gasteiger partial charge in [0.05, 0.1) is 23.7 Å². The topological polar surface area (TPSA) is 98.0 Å². The maximum Gasteiger partial charge on any atom is 0.312 e. The quantitative estimate of drug-likeness (QED) is 0.387. The molecule has 5 saturated carbocycles. The lowest BCUT2D eigenvalue weighted by molar-refractivity contribution is -0.210. The number of hydrogen-bond acceptors (Lipinski definition) is 4. The molecule has 0 aromatic rings. The van der Waals surface area contributed by atoms with Crippen LogP contribution in [0.15, 0.2) is 12.2 Å². The Bertz CT molecular complexity index is 916. The van der Waals surface area contributed by atoms with Gasteiger partial charge in [-0.25, -0.2) is 0 Å². The number of fused-ring (bicyclic) bond motifs is 2. The van der Waals surface area contributed by atoms with Gasteiger partial charge in [-0.1, -0.05) is 32.9 Å². The average molecular weight is 489 g/mol. The second-order valence-electron chi connectivity index (χ2n) is 14.3. The first kappa shape index (κ1) is 25.7. The van der Waals surface area contributed by atoms with Gasteiger partial charge in [-0.05, 0) is 112 Å². The Kier molecular flexibility index (Phi) is 5.73. The van der Waals surface area contributed by atoms with Gasteiger partial charge in [0, 0.05) is 11.8 Å². The fourth-order valence-electron chi connectivity index (χ4n) is 11.2. The fourth-order valence-corrected chi connectivity index (χ4v) is 11.2. The van der Waals surface area contributed by atoms with Crippen molar-refractivity contribution in [1.82, 2.24) is 0 Å². The average Bonchev–Trinajstić information content (AvgIpc) is 3.40. The summed E-state index contributed by atoms with van der Waals surface area (Å²) in [7, 11) is 0. The van der Waals surface area contributed by atoms with Gasteiger partial charge >= 0.3 is 5.97 Å². The van der Waals surface area contributed by atoms with Crippen molar-refractivity contribution < 1.29 is 25.2 Å². The summed E-state index contributed by atoms with van der Waals surface area (Å²) in [4.78, 5) is 12.5. The van der Waals surface area contributed by atoms with Crippen LogP contribution in [0.2, 0.25) is 0 Å². The highest BCUT2D eigenvalue weighted by Crippen LogP contribution is 2.89. The number of carboxylic acid groups (broad SMARTS) is 1. The molecule has 2 spiro atoms. The highest BCUT2D eigenvalue weighted by molar-refractivity contribution is 5.76. The monoisotopic (exact) mass is 488 g/mol. The first-order chi connectivity index (χ1) is 16.2. The summed E-state index contributed by atoms with van der Waals surface area (Å²) in [6.07, 6.45) is 7.32. The van der Waals surface area contributed by atoms with Crippen LogP contribution in [0.25, 0.3) is 0 Å². The summed E-state index contributed by atoms with van der Waals surface area (Å²) >= 11 is 0. The van der Waals surface area contributed by atoms with Crippen molar-refractivity contribution in [3.05, 3.63) is 12.2 Å². The van der Waals surface area contributed by atoms with Gasteiger partial charge in [0.25, 0.3) is 0 Å². The third-order valence-electron chi connectivity index (χ3n) is 13.5. The normalized spacial score (nSPS) is 54.0. The summed E-state index contributed by atoms with van der Waals surface area (Å²) in [5.74, 6) is 0.610. The molecule has 4 N–H and O–H groups in total. The molecule has 5 fully saturated rings. The summed E-state index contributed by atoms with van der Waals surface area (Å²) < 4.78 is 0. The van der Waals surface area contributed by atoms with Crippen LogP contribution in [-0.2, 0) is 4.79 Å². The van der Waals surface area contributed by atoms with Gasteiger partial charge in [0.2, 0.25) is 0 Å². The predicted octanol–water partition coefficient (Wildman–Crippen LogP) is 5.18. The zero-order valence-electron chi connectivity index (χ0n) is 22.5. The van der Waals surface area contributed by atoms with Gasteiger partial charge in [0.15, 0.2) is 0 Å². The number of carbonyl (C=O) groups is 1. The lowest BCUT2D eigenvalue weighted by Gasteiger charge is -2.63. The molecular weight excluding hydrogens is 440 g/mol. The second kappa shape index (κ2) is 7.80. The number of aliphatic carboxylic acids is 1. The molecule has 0 aromatic heterocycles. The van der Waals surface area contributed by atoms with E-state index in [-0.39, 0.29) is 34.0 Å². The van der Waals surface area contributed by atoms with Crippen molar-refractivity contribution in [2.24, 2.45) is 50.7 Å². The summed E-state index contributed by atoms with van der Waals surface area (Å²) in [6.45, 7) is 15.0. The molecule has 0 aromatic carbocycles. The smallest absolute Gasteiger partial charge is 0.312 e. The van der Waals surface area contributed by atoms with Crippen molar-refractivity contribution in [3.63, 3.8) is 0 Å². The molecule has 5 aliphatic rings. The Balaban J connectivity index is 1.43. The molecule has 0 amide bonds. The van der Waals surface area contributed by atoms with Crippen LogP contribution in [0.1, 0.15) is 98.8 Å². The highest BCUT2D eigenvalue weighted by Gasteiger charge is 2.85. The summed E-state index contributed by atoms with van der Waals surface area (Å²) in [5.41, 5.74) is -0.244. The molecule has 0 bridgehead atoms. The van der Waals surface area contributed by atoms with E-state index in [2.05, 4.69) is 27.4 Å². The van der Waals surface area contributed by atoms with Crippen LogP contribution >= 0.6 is 0 Å². The molecule has 35 heavy (non-hydrogen) atoms. The van der Waals surface area contributed by atoms with E-state index in [1.165, 1.54) is 12.8 Å². The molecule has 0 heterocycles. The van der Waals surface area contributed by atoms with Gasteiger partial charge < -0.3 is 20.4 Å². The maximum atomic E-state index is 12.5. The van der Waals surface area contributed by atoms with Gasteiger partial charge in [-0.3, -0.25) is 4.79 Å². The van der Waals surface area contributed by atoms with Crippen molar-refractivity contribution in [1.29, 1.82) is 0 Å². The molecule has 198 valence electrons. The summed E-state index contributed by atoms with van der Waals surface area (Å²) in [6, 6.07) is 0. The first-order valence-electron chi connectivity index (χ1n) is 14.2. The predicted molar refractivity (Wildman–Crippen MR) is 135 cm³/mol. The summed E-state index contributed by atoms with van der Waals surface area (Å²) in [5, 5.41) is 42.8. The molecule has 5 rings (SSSR count). The zero-order chi connectivity index (χ0) is 25.8. The number of hydrogen-bond donors (Lipinski definition) is 4. The van der Waals surface area contributed by atoms with Crippen LogP contribution in [-0.4, -0.2) is 44.7 Å². The third-order valence-corrected chi connectivity index (χ3v) is 13.5. The Morgan fingerprint density at radius 2 is 1.63 bits per heavy atom. The van der Waals surface area contributed by atoms with Crippen molar-refractivity contribution >= 4 is 5.97 Å². The molecule has 0 saturated heterocycles. The van der Waals surface area contributed by atoms with Crippen molar-refractivity contribution in [2.45, 2.75) is 117 Å². The minimum Gasteiger partial charge on any atom is -0.481 e. The minimum absolute atomic E-state index is 0.0225. The Morgan fingerprint density at radius 3 is 2.26 bits per heavy atom. The Hall–Kier alpha value is -0.910. The third kappa shape index (κ3) is 2.95. The Morgan fingerprint density at radius 1 is 0.971 bits per heavy atom. The molecule has 12 atom stereocenters. The van der Waals surface area contributed by atoms with Crippen LogP contribution in [0.5, 0.6) is 0 Å². The molecule has 5 aliphatic carbocycles. The molecule has 0 aliphatic heterocycles. The van der Waals surface area contributed by atoms with Gasteiger partial charge in [-0.2, -0.15) is 0 Å². The zero-order valence-corrected chi connectivity index (χ0v) is 22.5. The lowest BCUT2D eigenvalue weighted by atomic mass is 9.41. The largest absolute Gasteiger partial charge is 0.481 e. The minimum atomic E-state index is -1.17. The van der Waals surface area contributed by atoms with E-state index in [0.29, 0.717) is 17.8 Å². The molecule has 5 nitrogen and oxygen atoms in total. The SMILES string of the molecule is C=C(C)[C@@H](O)CC[C@@H](C)[C@H]1CC[C@@]2(C)[C@@H]3CC[C@H]4[C@](C)(C(=O)O)[C@@H](O)C[C@H](O)[C@@]45C[C@@]35CC[C@]12C. The fraction of sp³-hybridized carbons (Fsp3) is 0.900. The molecular formula is C30H48O5. The molecule has 5 heteroatoms. The van der Waals surface area contributed by atoms with E-state index < -0.39 is 29.7 Å². The van der Waals surface area contributed by atoms with Crippen LogP contribution in [0.4, 0.5) is 0 Å². The standard InChI is InChI=1S/C30H48O5/c1-17(2)20(31)8-7-18(3)19-11-12-27(5)21-9-10-22-28(6,25(34)35)23(32)15-24(33)30(22)16-29(21,30)14-13-26(19,27)4/h18-24,31-33H,1,7-16H2,2-6H3,(H,34,35)/t18-,19-,20+,21+,22+,23+,24+,26-,27+,28+,29+,30-/m1/s1. The van der Waals surface area contributed by atoms with E-state index in [1.807, 2.05) is 6.92 Å². The Labute approximate surface area is 211 Å². The van der Waals surface area contributed by atoms with E-state index in [0.717, 1.165) is 50.5 Å². The van der Waals surface area contributed by atoms with Crippen LogP contribution < -0.4 is 0 Å². The maximum absolute atomic E-state index is 12.5. The molecule has 0 radical (unpaired) electrons. The highest BCUT2D eigenvalue weighted by atomic mass is 16.4. The van der Waals surface area contributed by atoms with Crippen molar-refractivity contribution in [2.75, 3.05) is 0 Å². The van der Waals surface area contributed by atoms with Crippen molar-refractivity contribution in [3.8, 4) is 0 Å². The van der Waals surface area contributed by atoms with Crippen LogP contribution in [0, 0.1) is 50.7 Å². The lowest BCUT2D eigenvalue weighted by Crippen LogP contribution is -2.63. The van der Waals surface area contributed by atoms with Crippen LogP contribution in [0.3, 0.4) is 0 Å². The van der Waals surface area contributed by atoms with E-state index in [4.69, 9.17) is 0 Å². The van der Waals surface area contributed by atoms with Gasteiger partial charge in [0.1, 0.15) is 0 Å². The molecule has 0 unspecified atom stereocenters. The number of carboxylic acids is 1. The van der Waals surface area contributed by atoms with Gasteiger partial charge in [-0.15, -0.1) is 0 Å². The second-order valence-corrected chi connectivity index (χ2v) is 14.3. The number of aliphatic hydroxyl groups is 3. The number of aliphatic hydroxyl groups excluding tert-OH is 3. The van der Waals surface area contributed by atoms with E-state index in [9.17, 15) is 25.2 Å². The van der Waals surface area contributed by atoms with E-state index in [1.54, 1.807) is 6.92 Å². The first-order valence-corrected chi connectivity index (χ1v) is 14.2. The number of rotatable bonds is 6. The van der Waals surface area contributed by atoms with E-state index >= 15 is 0 Å².